The summed E-state index contributed by atoms with van der Waals surface area (Å²) in [5.74, 6) is 0. The van der Waals surface area contributed by atoms with E-state index in [1.54, 1.807) is 11.3 Å². The number of aryl methyl sites for hydroxylation is 1. The van der Waals surface area contributed by atoms with Crippen LogP contribution in [0.3, 0.4) is 0 Å². The summed E-state index contributed by atoms with van der Waals surface area (Å²) in [4.78, 5) is 8.05. The zero-order valence-corrected chi connectivity index (χ0v) is 10.3. The first-order chi connectivity index (χ1) is 7.27. The smallest absolute Gasteiger partial charge is 0.0798 e. The lowest BCUT2D eigenvalue weighted by atomic mass is 10.4. The molecule has 4 heteroatoms. The third-order valence-electron chi connectivity index (χ3n) is 2.94. The highest BCUT2D eigenvalue weighted by Crippen LogP contribution is 2.24. The van der Waals surface area contributed by atoms with Gasteiger partial charge in [0, 0.05) is 30.6 Å². The van der Waals surface area contributed by atoms with E-state index in [0.717, 1.165) is 25.7 Å². The molecule has 0 saturated heterocycles. The van der Waals surface area contributed by atoms with Gasteiger partial charge in [-0.1, -0.05) is 0 Å². The molecule has 1 N–H and O–H groups in total. The fourth-order valence-electron chi connectivity index (χ4n) is 1.65. The Morgan fingerprint density at radius 2 is 2.40 bits per heavy atom. The molecule has 1 aliphatic rings. The van der Waals surface area contributed by atoms with Gasteiger partial charge in [-0.05, 0) is 26.8 Å². The van der Waals surface area contributed by atoms with Crippen LogP contribution in [0.25, 0.3) is 0 Å². The van der Waals surface area contributed by atoms with E-state index in [9.17, 15) is 0 Å². The van der Waals surface area contributed by atoms with Crippen LogP contribution in [0.2, 0.25) is 0 Å². The summed E-state index contributed by atoms with van der Waals surface area (Å²) in [5, 5.41) is 3.47. The van der Waals surface area contributed by atoms with E-state index in [1.807, 2.05) is 5.51 Å². The number of hydrogen-bond donors (Lipinski definition) is 1. The highest BCUT2D eigenvalue weighted by atomic mass is 32.1. The summed E-state index contributed by atoms with van der Waals surface area (Å²) >= 11 is 1.74. The molecule has 0 amide bonds. The third-order valence-corrected chi connectivity index (χ3v) is 3.88. The maximum Gasteiger partial charge on any atom is 0.0798 e. The van der Waals surface area contributed by atoms with E-state index in [4.69, 9.17) is 0 Å². The number of hydrogen-bond acceptors (Lipinski definition) is 4. The van der Waals surface area contributed by atoms with Gasteiger partial charge in [0.25, 0.3) is 0 Å². The van der Waals surface area contributed by atoms with Crippen LogP contribution < -0.4 is 5.32 Å². The van der Waals surface area contributed by atoms with E-state index in [2.05, 4.69) is 29.2 Å². The highest BCUT2D eigenvalue weighted by molar-refractivity contribution is 7.09. The van der Waals surface area contributed by atoms with Crippen LogP contribution in [0.1, 0.15) is 23.4 Å². The molecule has 1 heterocycles. The van der Waals surface area contributed by atoms with Crippen molar-refractivity contribution < 1.29 is 0 Å². The zero-order valence-electron chi connectivity index (χ0n) is 9.49. The maximum atomic E-state index is 4.24. The Bertz CT molecular complexity index is 307. The summed E-state index contributed by atoms with van der Waals surface area (Å²) in [7, 11) is 2.22. The monoisotopic (exact) mass is 225 g/mol. The molecule has 0 aliphatic heterocycles. The number of aromatic nitrogens is 1. The van der Waals surface area contributed by atoms with Gasteiger partial charge in [-0.3, -0.25) is 0 Å². The Morgan fingerprint density at radius 1 is 1.60 bits per heavy atom. The maximum absolute atomic E-state index is 4.24. The van der Waals surface area contributed by atoms with Gasteiger partial charge in [0.15, 0.2) is 0 Å². The molecule has 84 valence electrons. The molecule has 1 aromatic heterocycles. The highest BCUT2D eigenvalue weighted by Gasteiger charge is 2.25. The number of nitrogens with one attached hydrogen (secondary N) is 1. The minimum absolute atomic E-state index is 0.872. The molecule has 1 aliphatic carbocycles. The standard InChI is InChI=1S/C11H19N3S/c1-9-11(15-8-13-9)7-12-5-6-14(2)10-3-4-10/h8,10,12H,3-7H2,1-2H3. The molecule has 0 bridgehead atoms. The van der Waals surface area contributed by atoms with Gasteiger partial charge >= 0.3 is 0 Å². The quantitative estimate of drug-likeness (QED) is 0.746. The summed E-state index contributed by atoms with van der Waals surface area (Å²) in [6.45, 7) is 5.27. The minimum Gasteiger partial charge on any atom is -0.311 e. The van der Waals surface area contributed by atoms with Gasteiger partial charge in [-0.2, -0.15) is 0 Å². The van der Waals surface area contributed by atoms with Crippen LogP contribution in [0.5, 0.6) is 0 Å². The number of thiazole rings is 1. The molecular formula is C11H19N3S. The Hall–Kier alpha value is -0.450. The fourth-order valence-corrected chi connectivity index (χ4v) is 2.40. The Balaban J connectivity index is 1.60. The second-order valence-electron chi connectivity index (χ2n) is 4.25. The van der Waals surface area contributed by atoms with Crippen LogP contribution in [-0.4, -0.2) is 36.1 Å². The van der Waals surface area contributed by atoms with Crippen molar-refractivity contribution in [2.75, 3.05) is 20.1 Å². The second-order valence-corrected chi connectivity index (χ2v) is 5.19. The van der Waals surface area contributed by atoms with E-state index in [0.29, 0.717) is 0 Å². The van der Waals surface area contributed by atoms with Crippen molar-refractivity contribution in [2.45, 2.75) is 32.4 Å². The SMILES string of the molecule is Cc1ncsc1CNCCN(C)C1CC1. The van der Waals surface area contributed by atoms with Gasteiger partial charge in [-0.15, -0.1) is 11.3 Å². The van der Waals surface area contributed by atoms with Gasteiger partial charge in [-0.25, -0.2) is 4.98 Å². The van der Waals surface area contributed by atoms with Crippen LogP contribution in [0.4, 0.5) is 0 Å². The lowest BCUT2D eigenvalue weighted by molar-refractivity contribution is 0.322. The first-order valence-corrected chi connectivity index (χ1v) is 6.45. The molecule has 1 saturated carbocycles. The molecule has 1 fully saturated rings. The molecular weight excluding hydrogens is 206 g/mol. The largest absolute Gasteiger partial charge is 0.311 e. The van der Waals surface area contributed by atoms with E-state index < -0.39 is 0 Å². The molecule has 3 nitrogen and oxygen atoms in total. The Morgan fingerprint density at radius 3 is 3.00 bits per heavy atom. The van der Waals surface area contributed by atoms with Crippen molar-refractivity contribution in [3.8, 4) is 0 Å². The zero-order chi connectivity index (χ0) is 10.7. The van der Waals surface area contributed by atoms with Crippen LogP contribution in [-0.2, 0) is 6.54 Å². The van der Waals surface area contributed by atoms with E-state index in [-0.39, 0.29) is 0 Å². The second kappa shape index (κ2) is 5.05. The van der Waals surface area contributed by atoms with Crippen molar-refractivity contribution in [3.05, 3.63) is 16.1 Å². The van der Waals surface area contributed by atoms with Gasteiger partial charge < -0.3 is 10.2 Å². The minimum atomic E-state index is 0.872. The normalized spacial score (nSPS) is 16.2. The molecule has 2 rings (SSSR count). The molecule has 0 unspecified atom stereocenters. The molecule has 15 heavy (non-hydrogen) atoms. The third kappa shape index (κ3) is 3.26. The Labute approximate surface area is 95.5 Å². The lowest BCUT2D eigenvalue weighted by Crippen LogP contribution is -2.30. The first kappa shape index (κ1) is 11.0. The van der Waals surface area contributed by atoms with Crippen molar-refractivity contribution in [1.29, 1.82) is 0 Å². The molecule has 0 aromatic carbocycles. The summed E-state index contributed by atoms with van der Waals surface area (Å²) in [6.07, 6.45) is 2.79. The van der Waals surface area contributed by atoms with Crippen molar-refractivity contribution in [1.82, 2.24) is 15.2 Å². The summed E-state index contributed by atoms with van der Waals surface area (Å²) in [6, 6.07) is 0.872. The molecule has 1 aromatic rings. The topological polar surface area (TPSA) is 28.2 Å². The first-order valence-electron chi connectivity index (χ1n) is 5.57. The van der Waals surface area contributed by atoms with Crippen LogP contribution in [0.15, 0.2) is 5.51 Å². The molecule has 0 spiro atoms. The predicted octanol–water partition coefficient (Wildman–Crippen LogP) is 1.64. The average Bonchev–Trinajstić information content (AvgIpc) is 2.99. The number of rotatable bonds is 6. The lowest BCUT2D eigenvalue weighted by Gasteiger charge is -2.15. The molecule has 0 radical (unpaired) electrons. The van der Waals surface area contributed by atoms with Gasteiger partial charge in [0.1, 0.15) is 0 Å². The van der Waals surface area contributed by atoms with Crippen molar-refractivity contribution in [3.63, 3.8) is 0 Å². The average molecular weight is 225 g/mol. The predicted molar refractivity (Wildman–Crippen MR) is 64.2 cm³/mol. The summed E-state index contributed by atoms with van der Waals surface area (Å²) < 4.78 is 0. The number of likely N-dealkylation sites (N-methyl/N-ethyl adjacent to an activating group) is 1. The van der Waals surface area contributed by atoms with Crippen LogP contribution >= 0.6 is 11.3 Å². The van der Waals surface area contributed by atoms with E-state index in [1.165, 1.54) is 23.4 Å². The number of nitrogens with zero attached hydrogens (tertiary/aromatic N) is 2. The fraction of sp³-hybridized carbons (Fsp3) is 0.727. The Kier molecular flexibility index (Phi) is 3.72. The molecule has 0 atom stereocenters. The van der Waals surface area contributed by atoms with Gasteiger partial charge in [0.2, 0.25) is 0 Å². The van der Waals surface area contributed by atoms with Gasteiger partial charge in [0.05, 0.1) is 11.2 Å². The van der Waals surface area contributed by atoms with Crippen molar-refractivity contribution in [2.24, 2.45) is 0 Å². The van der Waals surface area contributed by atoms with Crippen molar-refractivity contribution >= 4 is 11.3 Å². The van der Waals surface area contributed by atoms with E-state index >= 15 is 0 Å². The summed E-state index contributed by atoms with van der Waals surface area (Å²) in [5.41, 5.74) is 3.09. The van der Waals surface area contributed by atoms with Crippen LogP contribution in [0, 0.1) is 6.92 Å².